The molecule has 1 aromatic carbocycles. The summed E-state index contributed by atoms with van der Waals surface area (Å²) in [5.41, 5.74) is 2.26. The molecule has 0 saturated carbocycles. The van der Waals surface area contributed by atoms with Crippen LogP contribution in [-0.2, 0) is 6.54 Å². The van der Waals surface area contributed by atoms with Gasteiger partial charge in [-0.1, -0.05) is 15.9 Å². The maximum atomic E-state index is 5.51. The third-order valence-corrected chi connectivity index (χ3v) is 2.92. The molecule has 2 rings (SSSR count). The Bertz CT molecular complexity index is 496. The van der Waals surface area contributed by atoms with Crippen LogP contribution in [0, 0.1) is 0 Å². The highest BCUT2D eigenvalue weighted by Gasteiger charge is 2.11. The van der Waals surface area contributed by atoms with Gasteiger partial charge in [-0.3, -0.25) is 0 Å². The van der Waals surface area contributed by atoms with E-state index in [-0.39, 0.29) is 5.54 Å². The van der Waals surface area contributed by atoms with Crippen molar-refractivity contribution in [3.8, 4) is 0 Å². The molecule has 1 aromatic heterocycles. The monoisotopic (exact) mass is 281 g/mol. The molecule has 1 N–H and O–H groups in total. The van der Waals surface area contributed by atoms with Gasteiger partial charge in [0.15, 0.2) is 0 Å². The van der Waals surface area contributed by atoms with Gasteiger partial charge in [0, 0.05) is 27.5 Å². The minimum atomic E-state index is 0.121. The first-order valence-corrected chi connectivity index (χ1v) is 6.16. The second-order valence-electron chi connectivity index (χ2n) is 5.00. The first-order valence-electron chi connectivity index (χ1n) is 5.36. The summed E-state index contributed by atoms with van der Waals surface area (Å²) < 4.78 is 6.59. The zero-order valence-electron chi connectivity index (χ0n) is 9.80. The number of rotatable bonds is 2. The molecule has 0 atom stereocenters. The van der Waals surface area contributed by atoms with Gasteiger partial charge < -0.3 is 9.73 Å². The van der Waals surface area contributed by atoms with Crippen LogP contribution in [0.3, 0.4) is 0 Å². The number of nitrogens with one attached hydrogen (secondary N) is 1. The van der Waals surface area contributed by atoms with Gasteiger partial charge in [0.1, 0.15) is 5.58 Å². The van der Waals surface area contributed by atoms with Crippen molar-refractivity contribution >= 4 is 26.9 Å². The normalized spacial score (nSPS) is 12.2. The molecule has 0 amide bonds. The molecule has 1 heterocycles. The van der Waals surface area contributed by atoms with E-state index in [1.807, 2.05) is 18.4 Å². The fraction of sp³-hybridized carbons (Fsp3) is 0.385. The molecule has 0 spiro atoms. The number of halogens is 1. The van der Waals surface area contributed by atoms with Gasteiger partial charge in [0.25, 0.3) is 0 Å². The maximum absolute atomic E-state index is 5.51. The predicted molar refractivity (Wildman–Crippen MR) is 70.5 cm³/mol. The van der Waals surface area contributed by atoms with Crippen LogP contribution in [0.15, 0.2) is 33.4 Å². The highest BCUT2D eigenvalue weighted by molar-refractivity contribution is 9.10. The van der Waals surface area contributed by atoms with Crippen LogP contribution in [-0.4, -0.2) is 5.54 Å². The van der Waals surface area contributed by atoms with E-state index in [0.717, 1.165) is 16.6 Å². The van der Waals surface area contributed by atoms with Crippen molar-refractivity contribution < 1.29 is 4.42 Å². The third-order valence-electron chi connectivity index (χ3n) is 2.42. The molecule has 0 aliphatic heterocycles. The van der Waals surface area contributed by atoms with Crippen LogP contribution in [0.4, 0.5) is 0 Å². The van der Waals surface area contributed by atoms with E-state index in [4.69, 9.17) is 4.42 Å². The smallest absolute Gasteiger partial charge is 0.134 e. The first kappa shape index (κ1) is 11.7. The highest BCUT2D eigenvalue weighted by Crippen LogP contribution is 2.25. The SMILES string of the molecule is CC(C)(C)NCc1coc2ccc(Br)cc12. The lowest BCUT2D eigenvalue weighted by Gasteiger charge is -2.19. The van der Waals surface area contributed by atoms with Crippen molar-refractivity contribution in [3.05, 3.63) is 34.5 Å². The van der Waals surface area contributed by atoms with Crippen molar-refractivity contribution in [2.45, 2.75) is 32.9 Å². The van der Waals surface area contributed by atoms with Crippen molar-refractivity contribution in [2.75, 3.05) is 0 Å². The molecule has 0 aliphatic rings. The van der Waals surface area contributed by atoms with Crippen molar-refractivity contribution in [2.24, 2.45) is 0 Å². The molecule has 0 fully saturated rings. The first-order chi connectivity index (χ1) is 7.46. The van der Waals surface area contributed by atoms with Crippen LogP contribution < -0.4 is 5.32 Å². The quantitative estimate of drug-likeness (QED) is 0.897. The molecule has 0 saturated heterocycles. The topological polar surface area (TPSA) is 25.2 Å². The van der Waals surface area contributed by atoms with Crippen LogP contribution in [0.5, 0.6) is 0 Å². The lowest BCUT2D eigenvalue weighted by Crippen LogP contribution is -2.34. The largest absolute Gasteiger partial charge is 0.464 e. The number of benzene rings is 1. The van der Waals surface area contributed by atoms with E-state index >= 15 is 0 Å². The Labute approximate surface area is 104 Å². The van der Waals surface area contributed by atoms with Crippen LogP contribution in [0.25, 0.3) is 11.0 Å². The van der Waals surface area contributed by atoms with Crippen LogP contribution in [0.2, 0.25) is 0 Å². The Morgan fingerprint density at radius 1 is 1.31 bits per heavy atom. The lowest BCUT2D eigenvalue weighted by atomic mass is 10.1. The summed E-state index contributed by atoms with van der Waals surface area (Å²) >= 11 is 3.48. The van der Waals surface area contributed by atoms with Gasteiger partial charge in [-0.2, -0.15) is 0 Å². The Hall–Kier alpha value is -0.800. The molecule has 0 unspecified atom stereocenters. The zero-order chi connectivity index (χ0) is 11.8. The summed E-state index contributed by atoms with van der Waals surface area (Å²) in [6.45, 7) is 7.30. The zero-order valence-corrected chi connectivity index (χ0v) is 11.4. The average molecular weight is 282 g/mol. The van der Waals surface area contributed by atoms with Gasteiger partial charge in [-0.15, -0.1) is 0 Å². The summed E-state index contributed by atoms with van der Waals surface area (Å²) in [7, 11) is 0. The van der Waals surface area contributed by atoms with E-state index in [0.29, 0.717) is 0 Å². The molecule has 0 bridgehead atoms. The van der Waals surface area contributed by atoms with Gasteiger partial charge in [-0.25, -0.2) is 0 Å². The summed E-state index contributed by atoms with van der Waals surface area (Å²) in [6, 6.07) is 6.07. The molecule has 86 valence electrons. The van der Waals surface area contributed by atoms with Crippen molar-refractivity contribution in [1.29, 1.82) is 0 Å². The maximum Gasteiger partial charge on any atom is 0.134 e. The molecule has 16 heavy (non-hydrogen) atoms. The Balaban J connectivity index is 2.28. The molecule has 2 aromatic rings. The number of hydrogen-bond donors (Lipinski definition) is 1. The van der Waals surface area contributed by atoms with Crippen molar-refractivity contribution in [3.63, 3.8) is 0 Å². The molecular formula is C13H16BrNO. The van der Waals surface area contributed by atoms with Gasteiger partial charge >= 0.3 is 0 Å². The second kappa shape index (κ2) is 4.22. The molecular weight excluding hydrogens is 266 g/mol. The fourth-order valence-electron chi connectivity index (χ4n) is 1.55. The molecule has 2 nitrogen and oxygen atoms in total. The Morgan fingerprint density at radius 2 is 2.06 bits per heavy atom. The Morgan fingerprint density at radius 3 is 2.75 bits per heavy atom. The highest BCUT2D eigenvalue weighted by atomic mass is 79.9. The van der Waals surface area contributed by atoms with E-state index in [1.54, 1.807) is 0 Å². The standard InChI is InChI=1S/C13H16BrNO/c1-13(2,3)15-7-9-8-16-12-5-4-10(14)6-11(9)12/h4-6,8,15H,7H2,1-3H3. The minimum absolute atomic E-state index is 0.121. The number of hydrogen-bond acceptors (Lipinski definition) is 2. The third kappa shape index (κ3) is 2.66. The summed E-state index contributed by atoms with van der Waals surface area (Å²) in [6.07, 6.45) is 1.83. The van der Waals surface area contributed by atoms with Gasteiger partial charge in [0.05, 0.1) is 6.26 Å². The van der Waals surface area contributed by atoms with Crippen molar-refractivity contribution in [1.82, 2.24) is 5.32 Å². The van der Waals surface area contributed by atoms with E-state index in [1.165, 1.54) is 10.9 Å². The Kier molecular flexibility index (Phi) is 3.08. The van der Waals surface area contributed by atoms with E-state index in [9.17, 15) is 0 Å². The van der Waals surface area contributed by atoms with Gasteiger partial charge in [0.2, 0.25) is 0 Å². The minimum Gasteiger partial charge on any atom is -0.464 e. The van der Waals surface area contributed by atoms with E-state index < -0.39 is 0 Å². The van der Waals surface area contributed by atoms with Crippen LogP contribution in [0.1, 0.15) is 26.3 Å². The molecule has 0 aliphatic carbocycles. The summed E-state index contributed by atoms with van der Waals surface area (Å²) in [5.74, 6) is 0. The fourth-order valence-corrected chi connectivity index (χ4v) is 1.91. The average Bonchev–Trinajstić information content (AvgIpc) is 2.56. The molecule has 3 heteroatoms. The lowest BCUT2D eigenvalue weighted by molar-refractivity contribution is 0.423. The summed E-state index contributed by atoms with van der Waals surface area (Å²) in [4.78, 5) is 0. The second-order valence-corrected chi connectivity index (χ2v) is 5.92. The van der Waals surface area contributed by atoms with Gasteiger partial charge in [-0.05, 0) is 39.0 Å². The van der Waals surface area contributed by atoms with Crippen LogP contribution >= 0.6 is 15.9 Å². The van der Waals surface area contributed by atoms with E-state index in [2.05, 4.69) is 48.1 Å². The number of furan rings is 1. The summed E-state index contributed by atoms with van der Waals surface area (Å²) in [5, 5.41) is 4.63. The molecule has 0 radical (unpaired) electrons. The predicted octanol–water partition coefficient (Wildman–Crippen LogP) is 4.08. The number of fused-ring (bicyclic) bond motifs is 1.